The molecule has 3 saturated heterocycles. The number of nitrogens with zero attached hydrogens (tertiary/aromatic N) is 13. The number of hydrogen-bond acceptors (Lipinski definition) is 17. The van der Waals surface area contributed by atoms with E-state index in [1.165, 1.54) is 12.1 Å². The molecule has 0 saturated carbocycles. The molecule has 0 bridgehead atoms. The van der Waals surface area contributed by atoms with E-state index >= 15 is 0 Å². The highest BCUT2D eigenvalue weighted by molar-refractivity contribution is 9.10. The quantitative estimate of drug-likeness (QED) is 0.0983. The predicted octanol–water partition coefficient (Wildman–Crippen LogP) is 21.1. The summed E-state index contributed by atoms with van der Waals surface area (Å²) in [6.45, 7) is 52.7. The largest absolute Gasteiger partial charge is 0.508 e. The highest BCUT2D eigenvalue weighted by Gasteiger charge is 2.64. The molecule has 25 nitrogen and oxygen atoms in total. The molecular formula is C99H122B3Br2Cl2N13O12. The second-order valence-corrected chi connectivity index (χ2v) is 43.5. The van der Waals surface area contributed by atoms with E-state index in [4.69, 9.17) is 71.5 Å². The van der Waals surface area contributed by atoms with Crippen molar-refractivity contribution < 1.29 is 37.8 Å². The summed E-state index contributed by atoms with van der Waals surface area (Å²) in [5.41, 5.74) is 10.9. The van der Waals surface area contributed by atoms with Gasteiger partial charge in [0.05, 0.1) is 112 Å². The molecule has 10 heterocycles. The number of fused-ring (bicyclic) bond motifs is 4. The molecule has 3 fully saturated rings. The van der Waals surface area contributed by atoms with Gasteiger partial charge in [0, 0.05) is 76.0 Å². The predicted molar refractivity (Wildman–Crippen MR) is 535 cm³/mol. The summed E-state index contributed by atoms with van der Waals surface area (Å²) in [4.78, 5) is 63.0. The molecule has 0 amide bonds. The van der Waals surface area contributed by atoms with Gasteiger partial charge in [0.2, 0.25) is 5.88 Å². The van der Waals surface area contributed by atoms with Gasteiger partial charge in [-0.3, -0.25) is 36.5 Å². The Bertz CT molecular complexity index is 6540. The van der Waals surface area contributed by atoms with Gasteiger partial charge >= 0.3 is 43.9 Å². The smallest absolute Gasteiger partial charge is 0.494 e. The molecule has 32 heteroatoms. The van der Waals surface area contributed by atoms with Crippen molar-refractivity contribution in [1.29, 1.82) is 10.5 Å². The van der Waals surface area contributed by atoms with Crippen molar-refractivity contribution in [3.05, 3.63) is 248 Å². The van der Waals surface area contributed by atoms with E-state index in [1.54, 1.807) is 87.0 Å². The lowest BCUT2D eigenvalue weighted by atomic mass is 9.49. The van der Waals surface area contributed by atoms with Crippen LogP contribution < -0.4 is 33.0 Å². The molecular weight excluding hydrogens is 1830 g/mol. The van der Waals surface area contributed by atoms with Crippen LogP contribution in [0.15, 0.2) is 204 Å². The first-order valence-corrected chi connectivity index (χ1v) is 45.7. The minimum Gasteiger partial charge on any atom is -0.508 e. The molecule has 3 aliphatic heterocycles. The summed E-state index contributed by atoms with van der Waals surface area (Å²) < 4.78 is 57.9. The van der Waals surface area contributed by atoms with Crippen molar-refractivity contribution in [3.8, 4) is 52.0 Å². The van der Waals surface area contributed by atoms with Gasteiger partial charge < -0.3 is 37.8 Å². The number of pyridine rings is 3. The van der Waals surface area contributed by atoms with Gasteiger partial charge in [-0.25, -0.2) is 34.1 Å². The Morgan fingerprint density at radius 2 is 0.710 bits per heavy atom. The SMILES string of the molecule is CC1(C)OB(B2OC(C)(C)C(C)(C)O2)OC1(C)C.Clc1cccc(Br)n1.Cn1c(=O)n(CC(C)(C)C)c2ccc(-c3cccc(Cl)n3)cc21.Cn1c(=O)n(CC(C)(C)C)c2ccc(-c3cccc(Oc4ccc(C#N)cc4)n3)cc21.Cn1c(=O)n(CC(C)(C)C)c2ccc(B3OC(C)(C)C(C)(C)O3)cc21.Cn1c(=O)n(CC(C)(C)C)c2ccc(Br)cc21.N#Cc1ccc(O)cc1. The number of benzene rings is 6. The van der Waals surface area contributed by atoms with Crippen LogP contribution in [0.3, 0.4) is 0 Å². The topological polar surface area (TPSA) is 279 Å². The van der Waals surface area contributed by atoms with E-state index < -0.39 is 21.1 Å². The molecule has 0 radical (unpaired) electrons. The van der Waals surface area contributed by atoms with Gasteiger partial charge in [-0.05, 0) is 260 Å². The summed E-state index contributed by atoms with van der Waals surface area (Å²) in [5.74, 6) is 1.26. The fraction of sp³-hybridized carbons (Fsp3) is 0.424. The zero-order valence-corrected chi connectivity index (χ0v) is 85.3. The van der Waals surface area contributed by atoms with E-state index in [9.17, 15) is 19.2 Å². The highest BCUT2D eigenvalue weighted by Crippen LogP contribution is 2.44. The Morgan fingerprint density at radius 3 is 1.06 bits per heavy atom. The lowest BCUT2D eigenvalue weighted by Gasteiger charge is -2.32. The molecule has 7 aromatic heterocycles. The van der Waals surface area contributed by atoms with Gasteiger partial charge in [-0.1, -0.05) is 159 Å². The number of halogens is 4. The van der Waals surface area contributed by atoms with E-state index in [2.05, 4.69) is 136 Å². The second kappa shape index (κ2) is 40.0. The summed E-state index contributed by atoms with van der Waals surface area (Å²) >= 11 is 18.1. The molecule has 0 unspecified atom stereocenters. The van der Waals surface area contributed by atoms with Crippen molar-refractivity contribution in [2.75, 3.05) is 0 Å². The number of aryl methyl sites for hydroxylation is 4. The average molecular weight is 1950 g/mol. The molecule has 1 N–H and O–H groups in total. The van der Waals surface area contributed by atoms with Gasteiger partial charge in [-0.2, -0.15) is 10.5 Å². The van der Waals surface area contributed by atoms with E-state index in [0.29, 0.717) is 52.7 Å². The Balaban J connectivity index is 0.000000164. The Morgan fingerprint density at radius 1 is 0.389 bits per heavy atom. The third-order valence-electron chi connectivity index (χ3n) is 23.3. The van der Waals surface area contributed by atoms with Gasteiger partial charge in [0.25, 0.3) is 0 Å². The number of ether oxygens (including phenoxy) is 1. The van der Waals surface area contributed by atoms with Crippen LogP contribution in [0.1, 0.15) is 177 Å². The molecule has 131 heavy (non-hydrogen) atoms. The number of aromatic hydroxyl groups is 1. The number of phenols is 1. The average Bonchev–Trinajstić information content (AvgIpc) is 1.59. The van der Waals surface area contributed by atoms with Gasteiger partial charge in [0.1, 0.15) is 26.4 Å². The van der Waals surface area contributed by atoms with Crippen molar-refractivity contribution in [1.82, 2.24) is 51.5 Å². The molecule has 16 rings (SSSR count). The van der Waals surface area contributed by atoms with Crippen molar-refractivity contribution in [3.63, 3.8) is 0 Å². The van der Waals surface area contributed by atoms with Gasteiger partial charge in [0.15, 0.2) is 0 Å². The first-order valence-electron chi connectivity index (χ1n) is 43.4. The Hall–Kier alpha value is -10.1. The maximum absolute atomic E-state index is 12.8. The number of imidazole rings is 4. The van der Waals surface area contributed by atoms with Crippen LogP contribution in [0.5, 0.6) is 17.4 Å². The summed E-state index contributed by atoms with van der Waals surface area (Å²) in [6.07, 6.45) is 0. The standard InChI is InChI=1S/C25H24N4O2.C19H29BN2O3.C18H20ClN3O.C13H17BrN2O.C12H24B2O4.C7H5NO.C5H3BrClN/c1-25(2,3)16-29-21-13-10-18(14-22(21)28(4)24(29)30)20-6-5-7-23(27-20)31-19-11-8-17(15-26)9-12-19;1-17(2,3)12-22-14-10-9-13(11-15(14)21(8)16(22)23)20-24-18(4,5)19(6,7)25-20;1-18(2,3)11-22-14-9-8-12(10-15(14)21(4)17(22)23)13-6-5-7-16(19)20-13;1-13(2,3)8-16-10-6-5-9(14)7-11(10)15(4)12(16)17;1-9(2)10(3,4)16-13(15-9)14-17-11(5,6)12(7,8)18-14;8-5-6-1-3-7(9)4-2-6;6-4-2-1-3-5(7)8-4/h5-14H,16H2,1-4H3;9-11H,12H2,1-8H3;5-10H,11H2,1-4H3;5-7H,8H2,1-4H3;1-8H3;1-4,9H;1-3H. The zero-order valence-electron chi connectivity index (χ0n) is 80.6. The van der Waals surface area contributed by atoms with Crippen LogP contribution in [0.25, 0.3) is 66.6 Å². The van der Waals surface area contributed by atoms with Crippen LogP contribution in [0.4, 0.5) is 0 Å². The molecule has 3 aliphatic rings. The summed E-state index contributed by atoms with van der Waals surface area (Å²) in [7, 11) is 5.86. The van der Waals surface area contributed by atoms with Crippen LogP contribution in [0.2, 0.25) is 10.3 Å². The van der Waals surface area contributed by atoms with Crippen LogP contribution >= 0.6 is 55.1 Å². The Kier molecular flexibility index (Phi) is 31.5. The number of hydrogen-bond donors (Lipinski definition) is 1. The zero-order chi connectivity index (χ0) is 97.2. The van der Waals surface area contributed by atoms with E-state index in [1.807, 2.05) is 231 Å². The van der Waals surface area contributed by atoms with Crippen molar-refractivity contribution in [2.45, 2.75) is 226 Å². The fourth-order valence-electron chi connectivity index (χ4n) is 14.4. The molecule has 0 spiro atoms. The maximum atomic E-state index is 12.8. The number of phenolic OH excluding ortho intramolecular Hbond substituents is 1. The Labute approximate surface area is 796 Å². The van der Waals surface area contributed by atoms with Crippen LogP contribution in [-0.4, -0.2) is 111 Å². The van der Waals surface area contributed by atoms with E-state index in [0.717, 1.165) is 87.7 Å². The molecule has 692 valence electrons. The van der Waals surface area contributed by atoms with E-state index in [-0.39, 0.29) is 83.8 Å². The van der Waals surface area contributed by atoms with Crippen LogP contribution in [-0.2, 0) is 82.3 Å². The lowest BCUT2D eigenvalue weighted by molar-refractivity contribution is 0.00578. The molecule has 0 aliphatic carbocycles. The van der Waals surface area contributed by atoms with Crippen molar-refractivity contribution >= 4 is 126 Å². The third-order valence-corrected chi connectivity index (χ3v) is 24.7. The first kappa shape index (κ1) is 103. The molecule has 13 aromatic rings. The number of nitriles is 2. The van der Waals surface area contributed by atoms with Gasteiger partial charge in [-0.15, -0.1) is 0 Å². The van der Waals surface area contributed by atoms with Crippen LogP contribution in [0, 0.1) is 44.3 Å². The minimum atomic E-state index is -0.476. The normalized spacial score (nSPS) is 15.7. The molecule has 6 aromatic carbocycles. The summed E-state index contributed by atoms with van der Waals surface area (Å²) in [6, 6.07) is 57.4. The maximum Gasteiger partial charge on any atom is 0.494 e. The van der Waals surface area contributed by atoms with Crippen molar-refractivity contribution in [2.24, 2.45) is 49.9 Å². The summed E-state index contributed by atoms with van der Waals surface area (Å²) in [5, 5.41) is 26.9. The first-order chi connectivity index (χ1) is 60.6. The minimum absolute atomic E-state index is 0.00451. The highest BCUT2D eigenvalue weighted by atomic mass is 79.9. The monoisotopic (exact) mass is 1950 g/mol. The number of aromatic nitrogens is 11. The fourth-order valence-corrected chi connectivity index (χ4v) is 15.5. The molecule has 0 atom stereocenters. The second-order valence-electron chi connectivity index (χ2n) is 41.0. The third kappa shape index (κ3) is 25.3. The lowest BCUT2D eigenvalue weighted by Crippen LogP contribution is -2.41. The number of rotatable bonds is 10.